The van der Waals surface area contributed by atoms with E-state index in [1.165, 1.54) is 0 Å². The van der Waals surface area contributed by atoms with Gasteiger partial charge >= 0.3 is 0 Å². The molecule has 1 aliphatic rings. The minimum Gasteiger partial charge on any atom is -0.315 e. The lowest BCUT2D eigenvalue weighted by Gasteiger charge is -2.23. The van der Waals surface area contributed by atoms with Crippen LogP contribution in [-0.4, -0.2) is 27.5 Å². The van der Waals surface area contributed by atoms with Crippen LogP contribution in [0.4, 0.5) is 8.78 Å². The average molecular weight is 276 g/mol. The van der Waals surface area contributed by atoms with Crippen molar-refractivity contribution in [2.45, 2.75) is 23.8 Å². The summed E-state index contributed by atoms with van der Waals surface area (Å²) in [6, 6.07) is 2.65. The van der Waals surface area contributed by atoms with Crippen LogP contribution in [0.5, 0.6) is 0 Å². The van der Waals surface area contributed by atoms with Crippen molar-refractivity contribution >= 4 is 10.0 Å². The highest BCUT2D eigenvalue weighted by Crippen LogP contribution is 2.19. The molecule has 1 aromatic rings. The third-order valence-corrected chi connectivity index (χ3v) is 4.38. The average Bonchev–Trinajstić information content (AvgIpc) is 2.28. The van der Waals surface area contributed by atoms with Gasteiger partial charge < -0.3 is 5.32 Å². The van der Waals surface area contributed by atoms with Gasteiger partial charge in [-0.2, -0.15) is 0 Å². The topological polar surface area (TPSA) is 58.2 Å². The summed E-state index contributed by atoms with van der Waals surface area (Å²) in [6.07, 6.45) is 1.48. The normalized spacial score (nSPS) is 20.9. The van der Waals surface area contributed by atoms with Crippen LogP contribution in [-0.2, 0) is 10.0 Å². The van der Waals surface area contributed by atoms with Gasteiger partial charge in [-0.25, -0.2) is 21.9 Å². The third-order valence-electron chi connectivity index (χ3n) is 2.81. The molecule has 0 spiro atoms. The van der Waals surface area contributed by atoms with Crippen molar-refractivity contribution in [1.29, 1.82) is 0 Å². The summed E-state index contributed by atoms with van der Waals surface area (Å²) in [6.45, 7) is 1.29. The first kappa shape index (κ1) is 13.4. The van der Waals surface area contributed by atoms with Crippen LogP contribution in [0.2, 0.25) is 0 Å². The summed E-state index contributed by atoms with van der Waals surface area (Å²) < 4.78 is 53.0. The monoisotopic (exact) mass is 276 g/mol. The number of piperidine rings is 1. The van der Waals surface area contributed by atoms with Crippen LogP contribution in [0, 0.1) is 11.6 Å². The smallest absolute Gasteiger partial charge is 0.246 e. The van der Waals surface area contributed by atoms with Crippen LogP contribution >= 0.6 is 0 Å². The van der Waals surface area contributed by atoms with E-state index in [2.05, 4.69) is 10.0 Å². The summed E-state index contributed by atoms with van der Waals surface area (Å²) >= 11 is 0. The maximum Gasteiger partial charge on any atom is 0.246 e. The highest BCUT2D eigenvalue weighted by molar-refractivity contribution is 7.89. The van der Waals surface area contributed by atoms with Crippen molar-refractivity contribution < 1.29 is 17.2 Å². The van der Waals surface area contributed by atoms with Crippen LogP contribution in [0.1, 0.15) is 12.8 Å². The molecule has 1 saturated heterocycles. The highest BCUT2D eigenvalue weighted by Gasteiger charge is 2.27. The number of sulfonamides is 1. The van der Waals surface area contributed by atoms with E-state index in [0.29, 0.717) is 13.0 Å². The molecule has 0 saturated carbocycles. The number of hydrogen-bond donors (Lipinski definition) is 2. The number of rotatable bonds is 3. The van der Waals surface area contributed by atoms with Gasteiger partial charge in [0.05, 0.1) is 0 Å². The lowest BCUT2D eigenvalue weighted by Crippen LogP contribution is -2.45. The van der Waals surface area contributed by atoms with Gasteiger partial charge in [0.15, 0.2) is 4.90 Å². The molecule has 1 aliphatic heterocycles. The zero-order valence-electron chi connectivity index (χ0n) is 9.62. The minimum absolute atomic E-state index is 0.331. The molecule has 1 aromatic carbocycles. The number of hydrogen-bond acceptors (Lipinski definition) is 3. The molecule has 4 nitrogen and oxygen atoms in total. The quantitative estimate of drug-likeness (QED) is 0.866. The van der Waals surface area contributed by atoms with Gasteiger partial charge in [-0.1, -0.05) is 6.07 Å². The highest BCUT2D eigenvalue weighted by atomic mass is 32.2. The van der Waals surface area contributed by atoms with E-state index in [1.807, 2.05) is 0 Å². The zero-order valence-corrected chi connectivity index (χ0v) is 10.4. The molecule has 100 valence electrons. The minimum atomic E-state index is -4.16. The fourth-order valence-corrected chi connectivity index (χ4v) is 3.38. The molecule has 0 bridgehead atoms. The second kappa shape index (κ2) is 5.29. The SMILES string of the molecule is O=S(=O)(NC1CCCNC1)c1c(F)cccc1F. The van der Waals surface area contributed by atoms with Gasteiger partial charge in [0.1, 0.15) is 11.6 Å². The van der Waals surface area contributed by atoms with Gasteiger partial charge in [0.2, 0.25) is 10.0 Å². The Hall–Kier alpha value is -1.05. The lowest BCUT2D eigenvalue weighted by molar-refractivity contribution is 0.425. The van der Waals surface area contributed by atoms with Crippen molar-refractivity contribution in [1.82, 2.24) is 10.0 Å². The molecule has 18 heavy (non-hydrogen) atoms. The Morgan fingerprint density at radius 2 is 1.94 bits per heavy atom. The first-order valence-electron chi connectivity index (χ1n) is 5.68. The van der Waals surface area contributed by atoms with Gasteiger partial charge in [-0.15, -0.1) is 0 Å². The molecule has 1 fully saturated rings. The van der Waals surface area contributed by atoms with Gasteiger partial charge in [-0.05, 0) is 31.5 Å². The fraction of sp³-hybridized carbons (Fsp3) is 0.455. The molecule has 0 amide bonds. The van der Waals surface area contributed by atoms with Crippen LogP contribution in [0.3, 0.4) is 0 Å². The van der Waals surface area contributed by atoms with Crippen molar-refractivity contribution in [2.75, 3.05) is 13.1 Å². The zero-order chi connectivity index (χ0) is 13.2. The summed E-state index contributed by atoms with van der Waals surface area (Å²) in [5, 5.41) is 3.02. The number of halogens is 2. The number of benzene rings is 1. The van der Waals surface area contributed by atoms with E-state index in [9.17, 15) is 17.2 Å². The van der Waals surface area contributed by atoms with Gasteiger partial charge in [-0.3, -0.25) is 0 Å². The lowest BCUT2D eigenvalue weighted by atomic mass is 10.1. The fourth-order valence-electron chi connectivity index (χ4n) is 1.97. The third kappa shape index (κ3) is 2.85. The Bertz CT molecular complexity index is 508. The van der Waals surface area contributed by atoms with E-state index in [0.717, 1.165) is 31.2 Å². The molecular weight excluding hydrogens is 262 g/mol. The van der Waals surface area contributed by atoms with E-state index in [4.69, 9.17) is 0 Å². The summed E-state index contributed by atoms with van der Waals surface area (Å²) in [5.74, 6) is -2.16. The Kier molecular flexibility index (Phi) is 3.94. The standard InChI is InChI=1S/C11H14F2N2O2S/c12-9-4-1-5-10(13)11(9)18(16,17)15-8-3-2-6-14-7-8/h1,4-5,8,14-15H,2-3,6-7H2. The van der Waals surface area contributed by atoms with Crippen LogP contribution in [0.15, 0.2) is 23.1 Å². The van der Waals surface area contributed by atoms with E-state index in [-0.39, 0.29) is 6.04 Å². The first-order valence-corrected chi connectivity index (χ1v) is 7.16. The summed E-state index contributed by atoms with van der Waals surface area (Å²) in [7, 11) is -4.16. The molecule has 2 N–H and O–H groups in total. The Morgan fingerprint density at radius 3 is 2.50 bits per heavy atom. The molecule has 1 unspecified atom stereocenters. The summed E-state index contributed by atoms with van der Waals surface area (Å²) in [5.41, 5.74) is 0. The molecule has 0 aromatic heterocycles. The summed E-state index contributed by atoms with van der Waals surface area (Å²) in [4.78, 5) is -0.907. The van der Waals surface area contributed by atoms with Crippen molar-refractivity contribution in [2.24, 2.45) is 0 Å². The molecule has 2 rings (SSSR count). The molecule has 1 atom stereocenters. The van der Waals surface area contributed by atoms with Crippen molar-refractivity contribution in [3.05, 3.63) is 29.8 Å². The van der Waals surface area contributed by atoms with Crippen LogP contribution in [0.25, 0.3) is 0 Å². The molecule has 0 aliphatic carbocycles. The Labute approximate surface area is 104 Å². The van der Waals surface area contributed by atoms with Gasteiger partial charge in [0, 0.05) is 12.6 Å². The van der Waals surface area contributed by atoms with Crippen molar-refractivity contribution in [3.63, 3.8) is 0 Å². The second-order valence-electron chi connectivity index (χ2n) is 4.22. The molecule has 1 heterocycles. The van der Waals surface area contributed by atoms with E-state index >= 15 is 0 Å². The number of nitrogens with one attached hydrogen (secondary N) is 2. The maximum absolute atomic E-state index is 13.4. The van der Waals surface area contributed by atoms with E-state index in [1.54, 1.807) is 0 Å². The Morgan fingerprint density at radius 1 is 1.28 bits per heavy atom. The predicted molar refractivity (Wildman–Crippen MR) is 62.6 cm³/mol. The van der Waals surface area contributed by atoms with Gasteiger partial charge in [0.25, 0.3) is 0 Å². The molecule has 7 heteroatoms. The van der Waals surface area contributed by atoms with E-state index < -0.39 is 26.6 Å². The predicted octanol–water partition coefficient (Wildman–Crippen LogP) is 0.995. The Balaban J connectivity index is 2.25. The van der Waals surface area contributed by atoms with Crippen LogP contribution < -0.4 is 10.0 Å². The molecular formula is C11H14F2N2O2S. The van der Waals surface area contributed by atoms with Crippen molar-refractivity contribution in [3.8, 4) is 0 Å². The molecule has 0 radical (unpaired) electrons. The first-order chi connectivity index (χ1) is 8.50. The second-order valence-corrected chi connectivity index (χ2v) is 5.87. The maximum atomic E-state index is 13.4. The largest absolute Gasteiger partial charge is 0.315 e.